The minimum atomic E-state index is 0.0759. The summed E-state index contributed by atoms with van der Waals surface area (Å²) in [5.41, 5.74) is 0. The molecular formula is C10H22Sn. The summed E-state index contributed by atoms with van der Waals surface area (Å²) in [6.45, 7) is 9.34. The molecule has 0 aromatic heterocycles. The van der Waals surface area contributed by atoms with E-state index >= 15 is 0 Å². The first kappa shape index (κ1) is 11.8. The molecule has 0 spiro atoms. The molecule has 0 aliphatic rings. The summed E-state index contributed by atoms with van der Waals surface area (Å²) < 4.78 is 3.21. The molecule has 2 radical (unpaired) electrons. The van der Waals surface area contributed by atoms with Crippen LogP contribution in [-0.4, -0.2) is 21.1 Å². The molecule has 0 rings (SSSR count). The predicted octanol–water partition coefficient (Wildman–Crippen LogP) is 3.62. The van der Waals surface area contributed by atoms with Crippen molar-refractivity contribution in [2.24, 2.45) is 11.8 Å². The first-order valence-corrected chi connectivity index (χ1v) is 8.87. The Morgan fingerprint density at radius 3 is 1.45 bits per heavy atom. The summed E-state index contributed by atoms with van der Waals surface area (Å²) in [6.07, 6.45) is 2.98. The van der Waals surface area contributed by atoms with Crippen LogP contribution < -0.4 is 0 Å². The Kier molecular flexibility index (Phi) is 7.99. The van der Waals surface area contributed by atoms with Crippen molar-refractivity contribution >= 4 is 21.1 Å². The summed E-state index contributed by atoms with van der Waals surface area (Å²) >= 11 is 0.0759. The van der Waals surface area contributed by atoms with Crippen LogP contribution in [0.3, 0.4) is 0 Å². The molecule has 0 aliphatic carbocycles. The van der Waals surface area contributed by atoms with Gasteiger partial charge in [0.25, 0.3) is 0 Å². The fourth-order valence-corrected chi connectivity index (χ4v) is 6.08. The van der Waals surface area contributed by atoms with Gasteiger partial charge in [-0.3, -0.25) is 0 Å². The second-order valence-corrected chi connectivity index (χ2v) is 8.40. The van der Waals surface area contributed by atoms with Crippen LogP contribution in [0.2, 0.25) is 8.87 Å². The van der Waals surface area contributed by atoms with E-state index in [1.165, 1.54) is 12.8 Å². The molecule has 0 heterocycles. The summed E-state index contributed by atoms with van der Waals surface area (Å²) in [7, 11) is 0. The predicted molar refractivity (Wildman–Crippen MR) is 54.3 cm³/mol. The van der Waals surface area contributed by atoms with Crippen LogP contribution in [0.15, 0.2) is 0 Å². The van der Waals surface area contributed by atoms with Crippen molar-refractivity contribution in [2.45, 2.75) is 49.4 Å². The Hall–Kier alpha value is 0.799. The zero-order valence-electron chi connectivity index (χ0n) is 8.48. The Morgan fingerprint density at radius 2 is 1.18 bits per heavy atom. The van der Waals surface area contributed by atoms with Crippen LogP contribution in [0, 0.1) is 11.8 Å². The second kappa shape index (κ2) is 7.45. The molecule has 0 unspecified atom stereocenters. The summed E-state index contributed by atoms with van der Waals surface area (Å²) in [5, 5.41) is 0. The average Bonchev–Trinajstić information content (AvgIpc) is 1.85. The molecule has 0 bridgehead atoms. The summed E-state index contributed by atoms with van der Waals surface area (Å²) in [6, 6.07) is 0. The van der Waals surface area contributed by atoms with E-state index in [0.717, 1.165) is 11.8 Å². The fourth-order valence-electron chi connectivity index (χ4n) is 0.906. The zero-order chi connectivity index (χ0) is 8.69. The molecule has 1 heteroatoms. The normalized spacial score (nSPS) is 11.5. The van der Waals surface area contributed by atoms with E-state index in [1.807, 2.05) is 0 Å². The van der Waals surface area contributed by atoms with Gasteiger partial charge in [0.15, 0.2) is 0 Å². The van der Waals surface area contributed by atoms with Crippen molar-refractivity contribution in [2.75, 3.05) is 0 Å². The van der Waals surface area contributed by atoms with Crippen molar-refractivity contribution in [1.29, 1.82) is 0 Å². The summed E-state index contributed by atoms with van der Waals surface area (Å²) in [5.74, 6) is 1.88. The van der Waals surface area contributed by atoms with Crippen LogP contribution >= 0.6 is 0 Å². The molecular weight excluding hydrogens is 239 g/mol. The van der Waals surface area contributed by atoms with Crippen LogP contribution in [0.4, 0.5) is 0 Å². The first-order valence-electron chi connectivity index (χ1n) is 4.83. The van der Waals surface area contributed by atoms with Crippen LogP contribution in [0.1, 0.15) is 40.5 Å². The molecule has 0 aromatic rings. The molecule has 0 aromatic carbocycles. The maximum absolute atomic E-state index is 2.34. The van der Waals surface area contributed by atoms with E-state index in [0.29, 0.717) is 0 Å². The van der Waals surface area contributed by atoms with Gasteiger partial charge in [-0.25, -0.2) is 0 Å². The van der Waals surface area contributed by atoms with Gasteiger partial charge >= 0.3 is 82.4 Å². The first-order chi connectivity index (χ1) is 5.13. The van der Waals surface area contributed by atoms with Gasteiger partial charge < -0.3 is 0 Å². The van der Waals surface area contributed by atoms with Crippen molar-refractivity contribution in [1.82, 2.24) is 0 Å². The standard InChI is InChI=1S/2C5H11.Sn/c2*1-4-5(2)3;/h2*5H,1,4H2,2-3H3;. The third kappa shape index (κ3) is 10.8. The molecule has 11 heavy (non-hydrogen) atoms. The van der Waals surface area contributed by atoms with E-state index in [-0.39, 0.29) is 21.1 Å². The van der Waals surface area contributed by atoms with E-state index in [9.17, 15) is 0 Å². The molecule has 0 atom stereocenters. The zero-order valence-corrected chi connectivity index (χ0v) is 11.3. The monoisotopic (exact) mass is 262 g/mol. The fraction of sp³-hybridized carbons (Fsp3) is 1.00. The van der Waals surface area contributed by atoms with Gasteiger partial charge in [-0.15, -0.1) is 0 Å². The van der Waals surface area contributed by atoms with Gasteiger partial charge in [0.05, 0.1) is 0 Å². The molecule has 0 fully saturated rings. The van der Waals surface area contributed by atoms with E-state index in [1.54, 1.807) is 8.87 Å². The van der Waals surface area contributed by atoms with Crippen molar-refractivity contribution < 1.29 is 0 Å². The Morgan fingerprint density at radius 1 is 0.818 bits per heavy atom. The number of hydrogen-bond acceptors (Lipinski definition) is 0. The summed E-state index contributed by atoms with van der Waals surface area (Å²) in [4.78, 5) is 0. The van der Waals surface area contributed by atoms with E-state index in [2.05, 4.69) is 27.7 Å². The molecule has 0 aliphatic heterocycles. The SMILES string of the molecule is CC(C)C[CH2][Sn][CH2]CC(C)C. The van der Waals surface area contributed by atoms with Gasteiger partial charge in [0, 0.05) is 0 Å². The topological polar surface area (TPSA) is 0 Å². The third-order valence-electron chi connectivity index (χ3n) is 1.80. The van der Waals surface area contributed by atoms with Crippen LogP contribution in [0.5, 0.6) is 0 Å². The average molecular weight is 261 g/mol. The van der Waals surface area contributed by atoms with Crippen molar-refractivity contribution in [3.8, 4) is 0 Å². The number of hydrogen-bond donors (Lipinski definition) is 0. The van der Waals surface area contributed by atoms with Gasteiger partial charge in [-0.2, -0.15) is 0 Å². The quantitative estimate of drug-likeness (QED) is 0.506. The van der Waals surface area contributed by atoms with Gasteiger partial charge in [-0.05, 0) is 0 Å². The Balaban J connectivity index is 2.91. The molecule has 0 saturated heterocycles. The van der Waals surface area contributed by atoms with Gasteiger partial charge in [0.2, 0.25) is 0 Å². The number of rotatable bonds is 6. The molecule has 66 valence electrons. The molecule has 0 saturated carbocycles. The molecule has 0 amide bonds. The van der Waals surface area contributed by atoms with Crippen LogP contribution in [-0.2, 0) is 0 Å². The Bertz CT molecular complexity index is 66.9. The van der Waals surface area contributed by atoms with E-state index in [4.69, 9.17) is 0 Å². The van der Waals surface area contributed by atoms with Crippen LogP contribution in [0.25, 0.3) is 0 Å². The van der Waals surface area contributed by atoms with E-state index < -0.39 is 0 Å². The van der Waals surface area contributed by atoms with Crippen molar-refractivity contribution in [3.05, 3.63) is 0 Å². The van der Waals surface area contributed by atoms with Gasteiger partial charge in [0.1, 0.15) is 0 Å². The maximum atomic E-state index is 2.34. The third-order valence-corrected chi connectivity index (χ3v) is 5.46. The Labute approximate surface area is 82.4 Å². The molecule has 0 N–H and O–H groups in total. The minimum absolute atomic E-state index is 0.0759. The second-order valence-electron chi connectivity index (χ2n) is 4.12. The van der Waals surface area contributed by atoms with Crippen molar-refractivity contribution in [3.63, 3.8) is 0 Å². The van der Waals surface area contributed by atoms with Gasteiger partial charge in [-0.1, -0.05) is 0 Å². The molecule has 0 nitrogen and oxygen atoms in total.